The third-order valence-corrected chi connectivity index (χ3v) is 4.03. The van der Waals surface area contributed by atoms with Gasteiger partial charge in [0.05, 0.1) is 6.10 Å². The van der Waals surface area contributed by atoms with Crippen molar-refractivity contribution in [3.05, 3.63) is 17.5 Å². The predicted molar refractivity (Wildman–Crippen MR) is 69.2 cm³/mol. The molecule has 1 aliphatic rings. The van der Waals surface area contributed by atoms with Gasteiger partial charge in [0.25, 0.3) is 0 Å². The first-order valence-corrected chi connectivity index (χ1v) is 6.84. The Kier molecular flexibility index (Phi) is 3.19. The van der Waals surface area contributed by atoms with Crippen LogP contribution in [0.15, 0.2) is 4.52 Å². The smallest absolute Gasteiger partial charge is 0.249 e. The van der Waals surface area contributed by atoms with Crippen molar-refractivity contribution in [1.82, 2.24) is 19.5 Å². The van der Waals surface area contributed by atoms with Crippen LogP contribution in [-0.4, -0.2) is 39.3 Å². The van der Waals surface area contributed by atoms with E-state index in [1.807, 2.05) is 13.8 Å². The summed E-state index contributed by atoms with van der Waals surface area (Å²) in [5.41, 5.74) is 0. The molecule has 0 spiro atoms. The number of anilines is 1. The summed E-state index contributed by atoms with van der Waals surface area (Å²) in [7, 11) is 1.72. The first-order valence-electron chi connectivity index (χ1n) is 6.07. The first kappa shape index (κ1) is 12.5. The van der Waals surface area contributed by atoms with Crippen molar-refractivity contribution >= 4 is 16.7 Å². The Balaban J connectivity index is 1.91. The molecule has 1 fully saturated rings. The van der Waals surface area contributed by atoms with E-state index in [-0.39, 0.29) is 12.1 Å². The van der Waals surface area contributed by atoms with E-state index in [0.717, 1.165) is 23.9 Å². The van der Waals surface area contributed by atoms with Crippen LogP contribution < -0.4 is 4.90 Å². The first-order chi connectivity index (χ1) is 9.17. The highest BCUT2D eigenvalue weighted by molar-refractivity contribution is 7.09. The second-order valence-electron chi connectivity index (χ2n) is 4.57. The van der Waals surface area contributed by atoms with Crippen LogP contribution in [0.3, 0.4) is 0 Å². The fourth-order valence-corrected chi connectivity index (χ4v) is 3.00. The molecule has 1 saturated heterocycles. The van der Waals surface area contributed by atoms with E-state index < -0.39 is 0 Å². The molecule has 3 rings (SSSR count). The van der Waals surface area contributed by atoms with Crippen molar-refractivity contribution in [2.24, 2.45) is 0 Å². The van der Waals surface area contributed by atoms with Gasteiger partial charge in [0, 0.05) is 31.6 Å². The Bertz CT molecular complexity index is 521. The normalized spacial score (nSPS) is 23.2. The summed E-state index contributed by atoms with van der Waals surface area (Å²) in [5, 5.41) is 4.73. The van der Waals surface area contributed by atoms with Gasteiger partial charge in [-0.1, -0.05) is 5.16 Å². The number of hydrogen-bond acceptors (Lipinski definition) is 8. The van der Waals surface area contributed by atoms with Crippen LogP contribution >= 0.6 is 11.5 Å². The van der Waals surface area contributed by atoms with Crippen LogP contribution in [-0.2, 0) is 4.74 Å². The average Bonchev–Trinajstić information content (AvgIpc) is 3.07. The molecule has 3 heterocycles. The van der Waals surface area contributed by atoms with Crippen LogP contribution in [0.25, 0.3) is 0 Å². The number of hydrogen-bond donors (Lipinski definition) is 0. The lowest BCUT2D eigenvalue weighted by atomic mass is 10.2. The Hall–Kier alpha value is -1.54. The van der Waals surface area contributed by atoms with Crippen LogP contribution in [0.2, 0.25) is 0 Å². The summed E-state index contributed by atoms with van der Waals surface area (Å²) in [5.74, 6) is 2.04. The Morgan fingerprint density at radius 3 is 2.74 bits per heavy atom. The fourth-order valence-electron chi connectivity index (χ4n) is 2.26. The summed E-state index contributed by atoms with van der Waals surface area (Å²) >= 11 is 1.38. The maximum Gasteiger partial charge on any atom is 0.249 e. The van der Waals surface area contributed by atoms with E-state index in [0.29, 0.717) is 11.7 Å². The summed E-state index contributed by atoms with van der Waals surface area (Å²) in [6, 6.07) is 0.0125. The summed E-state index contributed by atoms with van der Waals surface area (Å²) in [6.07, 6.45) is 0.956. The number of rotatable bonds is 3. The van der Waals surface area contributed by atoms with Crippen LogP contribution in [0, 0.1) is 13.8 Å². The zero-order valence-electron chi connectivity index (χ0n) is 11.0. The Labute approximate surface area is 114 Å². The lowest BCUT2D eigenvalue weighted by Crippen LogP contribution is -2.24. The van der Waals surface area contributed by atoms with Crippen molar-refractivity contribution in [2.75, 3.05) is 18.6 Å². The van der Waals surface area contributed by atoms with Crippen molar-refractivity contribution in [3.63, 3.8) is 0 Å². The van der Waals surface area contributed by atoms with Gasteiger partial charge in [-0.05, 0) is 13.8 Å². The Morgan fingerprint density at radius 1 is 1.32 bits per heavy atom. The molecular weight excluding hydrogens is 266 g/mol. The molecule has 0 N–H and O–H groups in total. The molecule has 19 heavy (non-hydrogen) atoms. The van der Waals surface area contributed by atoms with Gasteiger partial charge in [-0.15, -0.1) is 0 Å². The molecule has 8 heteroatoms. The molecule has 0 aliphatic carbocycles. The monoisotopic (exact) mass is 281 g/mol. The van der Waals surface area contributed by atoms with E-state index in [4.69, 9.17) is 9.26 Å². The standard InChI is InChI=1S/C11H15N5O2S/c1-6-12-10(18-14-6)9-4-8(17-3)5-16(9)11-13-7(2)15-19-11/h8-9H,4-5H2,1-3H3. The molecule has 7 nitrogen and oxygen atoms in total. The minimum absolute atomic E-state index is 0.0125. The quantitative estimate of drug-likeness (QED) is 0.843. The van der Waals surface area contributed by atoms with Crippen LogP contribution in [0.1, 0.15) is 30.0 Å². The maximum absolute atomic E-state index is 5.45. The largest absolute Gasteiger partial charge is 0.380 e. The van der Waals surface area contributed by atoms with Crippen LogP contribution in [0.5, 0.6) is 0 Å². The molecule has 2 unspecified atom stereocenters. The number of aromatic nitrogens is 4. The third kappa shape index (κ3) is 2.33. The molecule has 1 aliphatic heterocycles. The minimum Gasteiger partial charge on any atom is -0.380 e. The van der Waals surface area contributed by atoms with Gasteiger partial charge in [-0.3, -0.25) is 0 Å². The van der Waals surface area contributed by atoms with Gasteiger partial charge in [0.2, 0.25) is 11.0 Å². The zero-order valence-corrected chi connectivity index (χ0v) is 11.8. The summed E-state index contributed by atoms with van der Waals surface area (Å²) in [4.78, 5) is 10.9. The predicted octanol–water partition coefficient (Wildman–Crippen LogP) is 1.50. The highest BCUT2D eigenvalue weighted by atomic mass is 32.1. The van der Waals surface area contributed by atoms with Crippen LogP contribution in [0.4, 0.5) is 5.13 Å². The molecule has 2 aromatic heterocycles. The molecule has 2 aromatic rings. The number of ether oxygens (including phenoxy) is 1. The lowest BCUT2D eigenvalue weighted by molar-refractivity contribution is 0.117. The van der Waals surface area contributed by atoms with Gasteiger partial charge in [0.1, 0.15) is 11.9 Å². The molecule has 0 saturated carbocycles. The van der Waals surface area contributed by atoms with Gasteiger partial charge < -0.3 is 14.2 Å². The van der Waals surface area contributed by atoms with Gasteiger partial charge >= 0.3 is 0 Å². The number of aryl methyl sites for hydroxylation is 2. The second-order valence-corrected chi connectivity index (χ2v) is 5.30. The van der Waals surface area contributed by atoms with E-state index in [1.165, 1.54) is 11.5 Å². The van der Waals surface area contributed by atoms with Crippen molar-refractivity contribution in [3.8, 4) is 0 Å². The van der Waals surface area contributed by atoms with Crippen molar-refractivity contribution in [2.45, 2.75) is 32.4 Å². The average molecular weight is 281 g/mol. The summed E-state index contributed by atoms with van der Waals surface area (Å²) < 4.78 is 15.0. The lowest BCUT2D eigenvalue weighted by Gasteiger charge is -2.19. The molecule has 102 valence electrons. The highest BCUT2D eigenvalue weighted by Gasteiger charge is 2.38. The van der Waals surface area contributed by atoms with E-state index >= 15 is 0 Å². The summed E-state index contributed by atoms with van der Waals surface area (Å²) in [6.45, 7) is 4.46. The topological polar surface area (TPSA) is 77.2 Å². The number of methoxy groups -OCH3 is 1. The third-order valence-electron chi connectivity index (χ3n) is 3.19. The Morgan fingerprint density at radius 2 is 2.16 bits per heavy atom. The molecule has 0 aromatic carbocycles. The minimum atomic E-state index is 0.0125. The molecule has 0 bridgehead atoms. The van der Waals surface area contributed by atoms with E-state index in [9.17, 15) is 0 Å². The van der Waals surface area contributed by atoms with Gasteiger partial charge in [0.15, 0.2) is 5.82 Å². The SMILES string of the molecule is COC1CC(c2nc(C)no2)N(c2nc(C)ns2)C1. The van der Waals surface area contributed by atoms with Gasteiger partial charge in [-0.25, -0.2) is 4.98 Å². The van der Waals surface area contributed by atoms with Crippen molar-refractivity contribution < 1.29 is 9.26 Å². The molecule has 0 amide bonds. The fraction of sp³-hybridized carbons (Fsp3) is 0.636. The molecule has 0 radical (unpaired) electrons. The number of nitrogens with zero attached hydrogens (tertiary/aromatic N) is 5. The van der Waals surface area contributed by atoms with E-state index in [2.05, 4.69) is 24.4 Å². The van der Waals surface area contributed by atoms with Crippen molar-refractivity contribution in [1.29, 1.82) is 0 Å². The maximum atomic E-state index is 5.45. The highest BCUT2D eigenvalue weighted by Crippen LogP contribution is 2.37. The van der Waals surface area contributed by atoms with E-state index in [1.54, 1.807) is 7.11 Å². The second kappa shape index (κ2) is 4.86. The van der Waals surface area contributed by atoms with Gasteiger partial charge in [-0.2, -0.15) is 9.36 Å². The molecular formula is C11H15N5O2S. The molecule has 2 atom stereocenters. The zero-order chi connectivity index (χ0) is 13.4.